The Morgan fingerprint density at radius 1 is 1.31 bits per heavy atom. The summed E-state index contributed by atoms with van der Waals surface area (Å²) in [5.41, 5.74) is 1.77. The molecule has 0 saturated carbocycles. The van der Waals surface area contributed by atoms with E-state index >= 15 is 0 Å². The van der Waals surface area contributed by atoms with Crippen LogP contribution in [0.4, 0.5) is 0 Å². The van der Waals surface area contributed by atoms with Crippen molar-refractivity contribution < 1.29 is 5.11 Å². The Hall–Kier alpha value is -1.09. The minimum atomic E-state index is 0.317. The molecule has 0 radical (unpaired) electrons. The van der Waals surface area contributed by atoms with Gasteiger partial charge in [0.15, 0.2) is 0 Å². The van der Waals surface area contributed by atoms with Gasteiger partial charge in [-0.15, -0.1) is 0 Å². The first-order valence-corrected chi connectivity index (χ1v) is 5.94. The van der Waals surface area contributed by atoms with Crippen molar-refractivity contribution in [2.24, 2.45) is 11.8 Å². The monoisotopic (exact) mass is 220 g/mol. The Labute approximate surface area is 97.1 Å². The van der Waals surface area contributed by atoms with E-state index in [1.165, 1.54) is 0 Å². The summed E-state index contributed by atoms with van der Waals surface area (Å²) < 4.78 is 0. The van der Waals surface area contributed by atoms with E-state index in [1.807, 2.05) is 13.0 Å². The van der Waals surface area contributed by atoms with E-state index in [4.69, 9.17) is 0 Å². The molecule has 0 aromatic carbocycles. The van der Waals surface area contributed by atoms with E-state index in [9.17, 15) is 5.11 Å². The van der Waals surface area contributed by atoms with E-state index in [0.29, 0.717) is 5.75 Å². The summed E-state index contributed by atoms with van der Waals surface area (Å²) in [4.78, 5) is 6.77. The van der Waals surface area contributed by atoms with E-state index in [1.54, 1.807) is 6.07 Å². The maximum atomic E-state index is 9.74. The molecule has 0 spiro atoms. The molecule has 2 rings (SSSR count). The molecule has 1 saturated heterocycles. The van der Waals surface area contributed by atoms with Crippen molar-refractivity contribution in [3.8, 4) is 5.75 Å². The highest BCUT2D eigenvalue weighted by molar-refractivity contribution is 5.27. The van der Waals surface area contributed by atoms with Crippen LogP contribution in [-0.4, -0.2) is 28.1 Å². The number of aromatic hydroxyl groups is 1. The zero-order valence-electron chi connectivity index (χ0n) is 10.3. The lowest BCUT2D eigenvalue weighted by Crippen LogP contribution is -2.21. The predicted molar refractivity (Wildman–Crippen MR) is 64.2 cm³/mol. The van der Waals surface area contributed by atoms with Crippen LogP contribution in [0.5, 0.6) is 5.75 Å². The first-order valence-electron chi connectivity index (χ1n) is 5.94. The summed E-state index contributed by atoms with van der Waals surface area (Å²) in [6, 6.07) is 3.58. The highest BCUT2D eigenvalue weighted by Gasteiger charge is 2.26. The fraction of sp³-hybridized carbons (Fsp3) is 0.615. The van der Waals surface area contributed by atoms with Gasteiger partial charge in [0.2, 0.25) is 0 Å². The Bertz CT molecular complexity index is 368. The molecule has 2 atom stereocenters. The van der Waals surface area contributed by atoms with Crippen LogP contribution in [0.25, 0.3) is 0 Å². The second kappa shape index (κ2) is 4.42. The van der Waals surface area contributed by atoms with E-state index in [2.05, 4.69) is 23.7 Å². The third kappa shape index (κ3) is 2.35. The lowest BCUT2D eigenvalue weighted by Gasteiger charge is -2.15. The minimum Gasteiger partial charge on any atom is -0.506 e. The largest absolute Gasteiger partial charge is 0.506 e. The zero-order valence-corrected chi connectivity index (χ0v) is 10.3. The minimum absolute atomic E-state index is 0.317. The molecule has 0 amide bonds. The molecule has 0 bridgehead atoms. The van der Waals surface area contributed by atoms with Gasteiger partial charge in [-0.1, -0.05) is 13.8 Å². The van der Waals surface area contributed by atoms with E-state index in [0.717, 1.165) is 42.9 Å². The number of hydrogen-bond donors (Lipinski definition) is 1. The Kier molecular flexibility index (Phi) is 3.15. The van der Waals surface area contributed by atoms with Crippen LogP contribution < -0.4 is 0 Å². The van der Waals surface area contributed by atoms with Gasteiger partial charge in [-0.05, 0) is 30.9 Å². The van der Waals surface area contributed by atoms with Gasteiger partial charge in [-0.3, -0.25) is 9.88 Å². The van der Waals surface area contributed by atoms with Crippen LogP contribution in [0.3, 0.4) is 0 Å². The van der Waals surface area contributed by atoms with E-state index < -0.39 is 0 Å². The third-order valence-electron chi connectivity index (χ3n) is 3.53. The van der Waals surface area contributed by atoms with Crippen molar-refractivity contribution >= 4 is 0 Å². The number of aromatic nitrogens is 1. The van der Waals surface area contributed by atoms with Gasteiger partial charge in [0.05, 0.1) is 5.69 Å². The predicted octanol–water partition coefficient (Wildman–Crippen LogP) is 2.18. The summed E-state index contributed by atoms with van der Waals surface area (Å²) in [5.74, 6) is 1.80. The highest BCUT2D eigenvalue weighted by Crippen LogP contribution is 2.25. The number of pyridine rings is 1. The molecule has 16 heavy (non-hydrogen) atoms. The van der Waals surface area contributed by atoms with Crippen LogP contribution in [-0.2, 0) is 6.54 Å². The first-order chi connectivity index (χ1) is 7.56. The molecule has 1 aliphatic rings. The van der Waals surface area contributed by atoms with Crippen molar-refractivity contribution in [1.82, 2.24) is 9.88 Å². The average molecular weight is 220 g/mol. The molecule has 1 fully saturated rings. The van der Waals surface area contributed by atoms with Gasteiger partial charge >= 0.3 is 0 Å². The van der Waals surface area contributed by atoms with Gasteiger partial charge < -0.3 is 5.11 Å². The van der Waals surface area contributed by atoms with Gasteiger partial charge in [0.25, 0.3) is 0 Å². The fourth-order valence-electron chi connectivity index (χ4n) is 2.31. The Balaban J connectivity index is 2.07. The standard InChI is InChI=1S/C13H20N2O/c1-9-6-15(7-10(9)2)8-12-13(16)5-4-11(3)14-12/h4-5,9-10,16H,6-8H2,1-3H3. The molecule has 3 nitrogen and oxygen atoms in total. The number of aryl methyl sites for hydroxylation is 1. The van der Waals surface area contributed by atoms with Gasteiger partial charge in [-0.25, -0.2) is 0 Å². The molecule has 0 aliphatic carbocycles. The number of nitrogens with zero attached hydrogens (tertiary/aromatic N) is 2. The van der Waals surface area contributed by atoms with Gasteiger partial charge in [0.1, 0.15) is 5.75 Å². The maximum absolute atomic E-state index is 9.74. The Morgan fingerprint density at radius 3 is 2.56 bits per heavy atom. The normalized spacial score (nSPS) is 26.2. The molecule has 1 aromatic heterocycles. The second-order valence-electron chi connectivity index (χ2n) is 5.07. The van der Waals surface area contributed by atoms with E-state index in [-0.39, 0.29) is 0 Å². The molecule has 3 heteroatoms. The van der Waals surface area contributed by atoms with Crippen molar-refractivity contribution in [1.29, 1.82) is 0 Å². The molecular weight excluding hydrogens is 200 g/mol. The number of rotatable bonds is 2. The first kappa shape index (κ1) is 11.4. The van der Waals surface area contributed by atoms with Crippen molar-refractivity contribution in [3.05, 3.63) is 23.5 Å². The highest BCUT2D eigenvalue weighted by atomic mass is 16.3. The van der Waals surface area contributed by atoms with Crippen LogP contribution in [0.2, 0.25) is 0 Å². The fourth-order valence-corrected chi connectivity index (χ4v) is 2.31. The molecular formula is C13H20N2O. The molecule has 1 aromatic rings. The van der Waals surface area contributed by atoms with Crippen molar-refractivity contribution in [2.45, 2.75) is 27.3 Å². The van der Waals surface area contributed by atoms with Crippen LogP contribution in [0.15, 0.2) is 12.1 Å². The quantitative estimate of drug-likeness (QED) is 0.830. The lowest BCUT2D eigenvalue weighted by atomic mass is 10.0. The zero-order chi connectivity index (χ0) is 11.7. The second-order valence-corrected chi connectivity index (χ2v) is 5.07. The topological polar surface area (TPSA) is 36.4 Å². The van der Waals surface area contributed by atoms with Crippen LogP contribution in [0, 0.1) is 18.8 Å². The van der Waals surface area contributed by atoms with Gasteiger partial charge in [0, 0.05) is 25.3 Å². The maximum Gasteiger partial charge on any atom is 0.138 e. The summed E-state index contributed by atoms with van der Waals surface area (Å²) in [5, 5.41) is 9.74. The van der Waals surface area contributed by atoms with Crippen LogP contribution in [0.1, 0.15) is 25.2 Å². The summed E-state index contributed by atoms with van der Waals surface area (Å²) >= 11 is 0. The summed E-state index contributed by atoms with van der Waals surface area (Å²) in [6.07, 6.45) is 0. The molecule has 1 N–H and O–H groups in total. The van der Waals surface area contributed by atoms with Crippen molar-refractivity contribution in [3.63, 3.8) is 0 Å². The average Bonchev–Trinajstić information content (AvgIpc) is 2.52. The smallest absolute Gasteiger partial charge is 0.138 e. The van der Waals surface area contributed by atoms with Crippen LogP contribution >= 0.6 is 0 Å². The number of likely N-dealkylation sites (tertiary alicyclic amines) is 1. The summed E-state index contributed by atoms with van der Waals surface area (Å²) in [6.45, 7) is 9.51. The molecule has 1 aliphatic heterocycles. The summed E-state index contributed by atoms with van der Waals surface area (Å²) in [7, 11) is 0. The van der Waals surface area contributed by atoms with Gasteiger partial charge in [-0.2, -0.15) is 0 Å². The van der Waals surface area contributed by atoms with Crippen molar-refractivity contribution in [2.75, 3.05) is 13.1 Å². The lowest BCUT2D eigenvalue weighted by molar-refractivity contribution is 0.305. The third-order valence-corrected chi connectivity index (χ3v) is 3.53. The SMILES string of the molecule is Cc1ccc(O)c(CN2CC(C)C(C)C2)n1. The molecule has 2 unspecified atom stereocenters. The molecule has 88 valence electrons. The molecule has 2 heterocycles. The number of hydrogen-bond acceptors (Lipinski definition) is 3. The Morgan fingerprint density at radius 2 is 1.94 bits per heavy atom.